The van der Waals surface area contributed by atoms with Gasteiger partial charge in [0.1, 0.15) is 11.7 Å². The number of rotatable bonds is 6. The molecule has 1 heterocycles. The Morgan fingerprint density at radius 3 is 2.52 bits per heavy atom. The lowest BCUT2D eigenvalue weighted by Gasteiger charge is -2.07. The first kappa shape index (κ1) is 15.0. The third-order valence-electron chi connectivity index (χ3n) is 3.28. The molecule has 0 aliphatic carbocycles. The third-order valence-corrected chi connectivity index (χ3v) is 3.28. The Bertz CT molecular complexity index is 546. The van der Waals surface area contributed by atoms with E-state index in [2.05, 4.69) is 16.2 Å². The standard InChI is InChI=1S/C14H16FN3O3/c15-11-4-2-1-3-9(11)7-8-16-12(19)6-5-10-13(20)17-18-14(10)21/h1-4,10H,5-8H2,(H,16,19)(H,17,20)(H,18,21). The second kappa shape index (κ2) is 6.83. The first-order valence-corrected chi connectivity index (χ1v) is 6.67. The van der Waals surface area contributed by atoms with E-state index in [1.54, 1.807) is 18.2 Å². The number of hydrogen-bond acceptors (Lipinski definition) is 3. The van der Waals surface area contributed by atoms with E-state index in [4.69, 9.17) is 0 Å². The fraction of sp³-hybridized carbons (Fsp3) is 0.357. The highest BCUT2D eigenvalue weighted by Crippen LogP contribution is 2.10. The number of hydrogen-bond donors (Lipinski definition) is 3. The van der Waals surface area contributed by atoms with Gasteiger partial charge >= 0.3 is 0 Å². The summed E-state index contributed by atoms with van der Waals surface area (Å²) in [6, 6.07) is 6.37. The lowest BCUT2D eigenvalue weighted by molar-refractivity contribution is -0.128. The van der Waals surface area contributed by atoms with Crippen LogP contribution in [0.4, 0.5) is 4.39 Å². The number of hydrazine groups is 1. The van der Waals surface area contributed by atoms with Crippen LogP contribution in [0.5, 0.6) is 0 Å². The summed E-state index contributed by atoms with van der Waals surface area (Å²) in [5, 5.41) is 2.64. The Morgan fingerprint density at radius 2 is 1.86 bits per heavy atom. The molecule has 0 radical (unpaired) electrons. The van der Waals surface area contributed by atoms with Gasteiger partial charge in [0.2, 0.25) is 5.91 Å². The van der Waals surface area contributed by atoms with Crippen molar-refractivity contribution in [2.24, 2.45) is 5.92 Å². The summed E-state index contributed by atoms with van der Waals surface area (Å²) < 4.78 is 13.4. The molecule has 1 aliphatic heterocycles. The van der Waals surface area contributed by atoms with Crippen LogP contribution in [0.3, 0.4) is 0 Å². The minimum atomic E-state index is -0.817. The Morgan fingerprint density at radius 1 is 1.19 bits per heavy atom. The highest BCUT2D eigenvalue weighted by Gasteiger charge is 2.32. The van der Waals surface area contributed by atoms with Gasteiger partial charge in [-0.3, -0.25) is 25.2 Å². The van der Waals surface area contributed by atoms with Crippen LogP contribution < -0.4 is 16.2 Å². The number of nitrogens with one attached hydrogen (secondary N) is 3. The maximum atomic E-state index is 13.4. The van der Waals surface area contributed by atoms with E-state index in [-0.39, 0.29) is 24.6 Å². The summed E-state index contributed by atoms with van der Waals surface area (Å²) in [7, 11) is 0. The Hall–Kier alpha value is -2.44. The number of carbonyl (C=O) groups is 3. The van der Waals surface area contributed by atoms with Gasteiger partial charge in [0, 0.05) is 13.0 Å². The predicted octanol–water partition coefficient (Wildman–Crippen LogP) is 0.0418. The zero-order valence-electron chi connectivity index (χ0n) is 11.3. The predicted molar refractivity (Wildman–Crippen MR) is 72.1 cm³/mol. The minimum Gasteiger partial charge on any atom is -0.356 e. The smallest absolute Gasteiger partial charge is 0.251 e. The van der Waals surface area contributed by atoms with E-state index in [0.717, 1.165) is 0 Å². The van der Waals surface area contributed by atoms with Gasteiger partial charge in [-0.05, 0) is 24.5 Å². The molecule has 1 aromatic carbocycles. The molecule has 0 saturated carbocycles. The van der Waals surface area contributed by atoms with E-state index < -0.39 is 17.7 Å². The van der Waals surface area contributed by atoms with E-state index >= 15 is 0 Å². The quantitative estimate of drug-likeness (QED) is 0.647. The SMILES string of the molecule is O=C(CCC1C(=O)NNC1=O)NCCc1ccccc1F. The van der Waals surface area contributed by atoms with Gasteiger partial charge in [-0.25, -0.2) is 4.39 Å². The molecule has 7 heteroatoms. The Labute approximate surface area is 121 Å². The van der Waals surface area contributed by atoms with Crippen LogP contribution in [0.1, 0.15) is 18.4 Å². The summed E-state index contributed by atoms with van der Waals surface area (Å²) in [4.78, 5) is 34.2. The fourth-order valence-electron chi connectivity index (χ4n) is 2.08. The average molecular weight is 293 g/mol. The summed E-state index contributed by atoms with van der Waals surface area (Å²) in [6.07, 6.45) is 0.620. The first-order chi connectivity index (χ1) is 10.1. The van der Waals surface area contributed by atoms with E-state index in [9.17, 15) is 18.8 Å². The molecule has 2 rings (SSSR count). The Kier molecular flexibility index (Phi) is 4.86. The van der Waals surface area contributed by atoms with Crippen molar-refractivity contribution < 1.29 is 18.8 Å². The molecule has 6 nitrogen and oxygen atoms in total. The van der Waals surface area contributed by atoms with Crippen molar-refractivity contribution in [2.75, 3.05) is 6.54 Å². The maximum Gasteiger partial charge on any atom is 0.251 e. The Balaban J connectivity index is 1.69. The van der Waals surface area contributed by atoms with Crippen LogP contribution in [-0.4, -0.2) is 24.3 Å². The second-order valence-corrected chi connectivity index (χ2v) is 4.76. The monoisotopic (exact) mass is 293 g/mol. The lowest BCUT2D eigenvalue weighted by Crippen LogP contribution is -2.28. The molecule has 0 atom stereocenters. The lowest BCUT2D eigenvalue weighted by atomic mass is 10.0. The van der Waals surface area contributed by atoms with Crippen molar-refractivity contribution in [3.8, 4) is 0 Å². The summed E-state index contributed by atoms with van der Waals surface area (Å²) in [6.45, 7) is 0.308. The molecule has 0 bridgehead atoms. The van der Waals surface area contributed by atoms with Crippen molar-refractivity contribution in [1.82, 2.24) is 16.2 Å². The normalized spacial score (nSPS) is 14.7. The number of benzene rings is 1. The minimum absolute atomic E-state index is 0.0722. The molecular formula is C14H16FN3O3. The fourth-order valence-corrected chi connectivity index (χ4v) is 2.08. The number of amides is 3. The van der Waals surface area contributed by atoms with Crippen LogP contribution in [0.15, 0.2) is 24.3 Å². The molecule has 21 heavy (non-hydrogen) atoms. The molecule has 1 aliphatic rings. The summed E-state index contributed by atoms with van der Waals surface area (Å²) in [5.41, 5.74) is 4.94. The van der Waals surface area contributed by atoms with Gasteiger partial charge in [0.15, 0.2) is 0 Å². The van der Waals surface area contributed by atoms with Crippen LogP contribution in [0, 0.1) is 11.7 Å². The second-order valence-electron chi connectivity index (χ2n) is 4.76. The average Bonchev–Trinajstić information content (AvgIpc) is 2.78. The maximum absolute atomic E-state index is 13.4. The highest BCUT2D eigenvalue weighted by molar-refractivity contribution is 6.05. The number of carbonyl (C=O) groups excluding carboxylic acids is 3. The van der Waals surface area contributed by atoms with Crippen LogP contribution in [-0.2, 0) is 20.8 Å². The zero-order valence-corrected chi connectivity index (χ0v) is 11.3. The van der Waals surface area contributed by atoms with Gasteiger partial charge in [-0.2, -0.15) is 0 Å². The van der Waals surface area contributed by atoms with Crippen molar-refractivity contribution in [3.05, 3.63) is 35.6 Å². The molecule has 0 aromatic heterocycles. The number of halogens is 1. The van der Waals surface area contributed by atoms with Gasteiger partial charge in [-0.15, -0.1) is 0 Å². The van der Waals surface area contributed by atoms with Crippen LogP contribution in [0.25, 0.3) is 0 Å². The molecule has 1 saturated heterocycles. The molecule has 3 amide bonds. The van der Waals surface area contributed by atoms with Gasteiger partial charge in [0.05, 0.1) is 0 Å². The zero-order chi connectivity index (χ0) is 15.2. The summed E-state index contributed by atoms with van der Waals surface area (Å²) >= 11 is 0. The van der Waals surface area contributed by atoms with Crippen molar-refractivity contribution in [2.45, 2.75) is 19.3 Å². The van der Waals surface area contributed by atoms with Crippen molar-refractivity contribution >= 4 is 17.7 Å². The van der Waals surface area contributed by atoms with Crippen molar-refractivity contribution in [3.63, 3.8) is 0 Å². The van der Waals surface area contributed by atoms with Crippen LogP contribution in [0.2, 0.25) is 0 Å². The first-order valence-electron chi connectivity index (χ1n) is 6.67. The molecule has 3 N–H and O–H groups in total. The van der Waals surface area contributed by atoms with E-state index in [1.807, 2.05) is 0 Å². The third kappa shape index (κ3) is 4.01. The highest BCUT2D eigenvalue weighted by atomic mass is 19.1. The topological polar surface area (TPSA) is 87.3 Å². The molecule has 1 aromatic rings. The largest absolute Gasteiger partial charge is 0.356 e. The van der Waals surface area contributed by atoms with Crippen LogP contribution >= 0.6 is 0 Å². The van der Waals surface area contributed by atoms with Gasteiger partial charge in [-0.1, -0.05) is 18.2 Å². The molecule has 0 spiro atoms. The summed E-state index contributed by atoms with van der Waals surface area (Å²) in [5.74, 6) is -2.22. The molecule has 1 fully saturated rings. The van der Waals surface area contributed by atoms with Crippen molar-refractivity contribution in [1.29, 1.82) is 0 Å². The van der Waals surface area contributed by atoms with Gasteiger partial charge in [0.25, 0.3) is 11.8 Å². The molecular weight excluding hydrogens is 277 g/mol. The van der Waals surface area contributed by atoms with E-state index in [0.29, 0.717) is 18.5 Å². The molecule has 0 unspecified atom stereocenters. The van der Waals surface area contributed by atoms with Gasteiger partial charge < -0.3 is 5.32 Å². The van der Waals surface area contributed by atoms with E-state index in [1.165, 1.54) is 6.07 Å². The molecule has 112 valence electrons.